The molecule has 13 heteroatoms. The lowest BCUT2D eigenvalue weighted by molar-refractivity contribution is -0.212. The maximum atomic E-state index is 13.1. The Labute approximate surface area is 213 Å². The summed E-state index contributed by atoms with van der Waals surface area (Å²) in [7, 11) is 1.60. The fraction of sp³-hybridized carbons (Fsp3) is 0.583. The van der Waals surface area contributed by atoms with Gasteiger partial charge in [-0.3, -0.25) is 19.2 Å². The summed E-state index contributed by atoms with van der Waals surface area (Å²) >= 11 is 0. The molecule has 0 saturated carbocycles. The molecule has 7 N–H and O–H groups in total. The van der Waals surface area contributed by atoms with E-state index in [9.17, 15) is 37.5 Å². The van der Waals surface area contributed by atoms with Crippen LogP contribution in [0.25, 0.3) is 0 Å². The van der Waals surface area contributed by atoms with E-state index in [1.165, 1.54) is 6.92 Å². The molecule has 0 aliphatic carbocycles. The largest absolute Gasteiger partial charge is 0.416 e. The standard InChI is InChI=1S/C24H36F3N5O5/c1-13(2)19(29-4)23(37)32-17(12-15-8-6-5-7-9-15)22(36)30-14(3)21(35)31-16(10-11-18(28)33)20(34)24(25,26)27/h5-9,13-14,16-17,19-20,29,34H,10-12H2,1-4H3,(H2,28,33)(H,30,36)(H,31,35)(H,32,37)/t14-,16?,17-,19-,20?/m0/s1. The average molecular weight is 532 g/mol. The van der Waals surface area contributed by atoms with Crippen molar-refractivity contribution in [2.24, 2.45) is 11.7 Å². The number of benzene rings is 1. The van der Waals surface area contributed by atoms with Crippen molar-refractivity contribution in [3.05, 3.63) is 35.9 Å². The van der Waals surface area contributed by atoms with Crippen molar-refractivity contribution in [1.82, 2.24) is 21.3 Å². The molecular formula is C24H36F3N5O5. The number of primary amides is 1. The van der Waals surface area contributed by atoms with Gasteiger partial charge in [0, 0.05) is 12.8 Å². The van der Waals surface area contributed by atoms with E-state index < -0.39 is 72.9 Å². The third-order valence-corrected chi connectivity index (χ3v) is 5.67. The van der Waals surface area contributed by atoms with Gasteiger partial charge in [0.25, 0.3) is 0 Å². The number of likely N-dealkylation sites (N-methyl/N-ethyl adjacent to an activating group) is 1. The Morgan fingerprint density at radius 3 is 2.03 bits per heavy atom. The van der Waals surface area contributed by atoms with Crippen LogP contribution in [0, 0.1) is 5.92 Å². The highest BCUT2D eigenvalue weighted by atomic mass is 19.4. The maximum absolute atomic E-state index is 13.1. The number of halogens is 3. The lowest BCUT2D eigenvalue weighted by Crippen LogP contribution is -2.58. The van der Waals surface area contributed by atoms with Gasteiger partial charge in [-0.2, -0.15) is 13.2 Å². The van der Waals surface area contributed by atoms with Crippen molar-refractivity contribution >= 4 is 23.6 Å². The van der Waals surface area contributed by atoms with Crippen LogP contribution in [0.1, 0.15) is 39.2 Å². The van der Waals surface area contributed by atoms with Gasteiger partial charge in [-0.05, 0) is 31.9 Å². The van der Waals surface area contributed by atoms with E-state index in [0.29, 0.717) is 0 Å². The fourth-order valence-corrected chi connectivity index (χ4v) is 3.61. The third kappa shape index (κ3) is 10.8. The number of amides is 4. The van der Waals surface area contributed by atoms with E-state index >= 15 is 0 Å². The first-order valence-corrected chi connectivity index (χ1v) is 11.8. The number of carbonyl (C=O) groups excluding carboxylic acids is 4. The molecule has 37 heavy (non-hydrogen) atoms. The Bertz CT molecular complexity index is 914. The van der Waals surface area contributed by atoms with Gasteiger partial charge >= 0.3 is 6.18 Å². The first-order valence-electron chi connectivity index (χ1n) is 11.8. The van der Waals surface area contributed by atoms with Crippen LogP contribution in [0.2, 0.25) is 0 Å². The topological polar surface area (TPSA) is 163 Å². The van der Waals surface area contributed by atoms with Gasteiger partial charge in [-0.15, -0.1) is 0 Å². The van der Waals surface area contributed by atoms with Gasteiger partial charge in [0.2, 0.25) is 23.6 Å². The molecule has 5 atom stereocenters. The highest BCUT2D eigenvalue weighted by molar-refractivity contribution is 5.93. The summed E-state index contributed by atoms with van der Waals surface area (Å²) in [5, 5.41) is 19.6. The fourth-order valence-electron chi connectivity index (χ4n) is 3.61. The Hall–Kier alpha value is -3.19. The first kappa shape index (κ1) is 31.8. The highest BCUT2D eigenvalue weighted by Gasteiger charge is 2.44. The summed E-state index contributed by atoms with van der Waals surface area (Å²) in [5.41, 5.74) is 5.71. The lowest BCUT2D eigenvalue weighted by Gasteiger charge is -2.28. The Morgan fingerprint density at radius 1 is 0.946 bits per heavy atom. The monoisotopic (exact) mass is 531 g/mol. The van der Waals surface area contributed by atoms with E-state index in [1.807, 2.05) is 19.2 Å². The van der Waals surface area contributed by atoms with Crippen LogP contribution in [0.15, 0.2) is 30.3 Å². The van der Waals surface area contributed by atoms with Gasteiger partial charge in [0.05, 0.1) is 12.1 Å². The molecule has 0 heterocycles. The average Bonchev–Trinajstić information content (AvgIpc) is 2.80. The number of hydrogen-bond acceptors (Lipinski definition) is 6. The summed E-state index contributed by atoms with van der Waals surface area (Å²) < 4.78 is 39.1. The zero-order valence-corrected chi connectivity index (χ0v) is 21.3. The molecule has 0 aromatic heterocycles. The van der Waals surface area contributed by atoms with Crippen molar-refractivity contribution in [2.75, 3.05) is 7.05 Å². The van der Waals surface area contributed by atoms with Crippen LogP contribution in [0.3, 0.4) is 0 Å². The minimum absolute atomic E-state index is 0.0902. The van der Waals surface area contributed by atoms with E-state index in [-0.39, 0.29) is 12.3 Å². The number of rotatable bonds is 14. The number of hydrogen-bond donors (Lipinski definition) is 6. The molecule has 0 spiro atoms. The molecule has 1 rings (SSSR count). The first-order chi connectivity index (χ1) is 17.2. The van der Waals surface area contributed by atoms with E-state index in [4.69, 9.17) is 5.73 Å². The highest BCUT2D eigenvalue weighted by Crippen LogP contribution is 2.24. The molecule has 208 valence electrons. The molecule has 0 bridgehead atoms. The molecule has 0 radical (unpaired) electrons. The van der Waals surface area contributed by atoms with Gasteiger partial charge in [0.1, 0.15) is 12.1 Å². The van der Waals surface area contributed by atoms with Crippen LogP contribution < -0.4 is 27.0 Å². The van der Waals surface area contributed by atoms with Crippen molar-refractivity contribution in [3.8, 4) is 0 Å². The second kappa shape index (κ2) is 14.5. The van der Waals surface area contributed by atoms with Crippen molar-refractivity contribution in [1.29, 1.82) is 0 Å². The molecular weight excluding hydrogens is 495 g/mol. The molecule has 10 nitrogen and oxygen atoms in total. The molecule has 0 fully saturated rings. The summed E-state index contributed by atoms with van der Waals surface area (Å²) in [6.45, 7) is 4.89. The number of aliphatic hydroxyl groups excluding tert-OH is 1. The molecule has 0 aliphatic heterocycles. The van der Waals surface area contributed by atoms with Gasteiger partial charge in [0.15, 0.2) is 6.10 Å². The summed E-state index contributed by atoms with van der Waals surface area (Å²) in [4.78, 5) is 49.4. The maximum Gasteiger partial charge on any atom is 0.416 e. The van der Waals surface area contributed by atoms with Crippen LogP contribution in [-0.4, -0.2) is 72.2 Å². The number of aliphatic hydroxyl groups is 1. The normalized spacial score (nSPS) is 15.7. The van der Waals surface area contributed by atoms with Gasteiger partial charge in [-0.25, -0.2) is 0 Å². The van der Waals surface area contributed by atoms with Gasteiger partial charge in [-0.1, -0.05) is 44.2 Å². The van der Waals surface area contributed by atoms with Crippen molar-refractivity contribution in [3.63, 3.8) is 0 Å². The van der Waals surface area contributed by atoms with E-state index in [2.05, 4.69) is 16.0 Å². The number of nitrogens with one attached hydrogen (secondary N) is 4. The third-order valence-electron chi connectivity index (χ3n) is 5.67. The SMILES string of the molecule is CN[C@H](C(=O)N[C@@H](Cc1ccccc1)C(=O)N[C@@H](C)C(=O)NC(CCC(N)=O)C(O)C(F)(F)F)C(C)C. The Kier molecular flexibility index (Phi) is 12.5. The second-order valence-corrected chi connectivity index (χ2v) is 9.10. The summed E-state index contributed by atoms with van der Waals surface area (Å²) in [6.07, 6.45) is -8.98. The van der Waals surface area contributed by atoms with Crippen LogP contribution in [0.5, 0.6) is 0 Å². The zero-order valence-electron chi connectivity index (χ0n) is 21.3. The second-order valence-electron chi connectivity index (χ2n) is 9.10. The minimum atomic E-state index is -5.06. The van der Waals surface area contributed by atoms with Crippen LogP contribution >= 0.6 is 0 Å². The van der Waals surface area contributed by atoms with Crippen molar-refractivity contribution in [2.45, 2.75) is 76.5 Å². The molecule has 4 amide bonds. The Balaban J connectivity index is 3.01. The molecule has 0 saturated heterocycles. The van der Waals surface area contributed by atoms with Crippen LogP contribution in [-0.2, 0) is 25.6 Å². The smallest absolute Gasteiger partial charge is 0.382 e. The minimum Gasteiger partial charge on any atom is -0.382 e. The Morgan fingerprint density at radius 2 is 1.54 bits per heavy atom. The van der Waals surface area contributed by atoms with E-state index in [1.54, 1.807) is 37.4 Å². The zero-order chi connectivity index (χ0) is 28.3. The number of carbonyl (C=O) groups is 4. The predicted octanol–water partition coefficient (Wildman–Crippen LogP) is 0.136. The number of nitrogens with two attached hydrogens (primary N) is 1. The quantitative estimate of drug-likeness (QED) is 0.200. The number of alkyl halides is 3. The van der Waals surface area contributed by atoms with Crippen LogP contribution in [0.4, 0.5) is 13.2 Å². The predicted molar refractivity (Wildman–Crippen MR) is 130 cm³/mol. The molecule has 1 aromatic carbocycles. The molecule has 1 aromatic rings. The van der Waals surface area contributed by atoms with Crippen molar-refractivity contribution < 1.29 is 37.5 Å². The summed E-state index contributed by atoms with van der Waals surface area (Å²) in [5.74, 6) is -3.19. The molecule has 2 unspecified atom stereocenters. The summed E-state index contributed by atoms with van der Waals surface area (Å²) in [6, 6.07) is 3.92. The molecule has 0 aliphatic rings. The van der Waals surface area contributed by atoms with Gasteiger partial charge < -0.3 is 32.1 Å². The lowest BCUT2D eigenvalue weighted by atomic mass is 10.0. The van der Waals surface area contributed by atoms with E-state index in [0.717, 1.165) is 5.56 Å².